The van der Waals surface area contributed by atoms with Crippen LogP contribution in [0.3, 0.4) is 0 Å². The Kier molecular flexibility index (Phi) is 5.77. The molecule has 4 nitrogen and oxygen atoms in total. The van der Waals surface area contributed by atoms with Crippen LogP contribution in [0, 0.1) is 5.92 Å². The quantitative estimate of drug-likeness (QED) is 0.697. The molecule has 0 spiro atoms. The van der Waals surface area contributed by atoms with E-state index in [2.05, 4.69) is 17.1 Å². The third-order valence-electron chi connectivity index (χ3n) is 3.24. The van der Waals surface area contributed by atoms with Gasteiger partial charge in [0.2, 0.25) is 5.91 Å². The minimum Gasteiger partial charge on any atom is -0.369 e. The van der Waals surface area contributed by atoms with Gasteiger partial charge in [0, 0.05) is 25.0 Å². The molecule has 1 saturated heterocycles. The summed E-state index contributed by atoms with van der Waals surface area (Å²) in [4.78, 5) is 13.4. The van der Waals surface area contributed by atoms with E-state index < -0.39 is 0 Å². The van der Waals surface area contributed by atoms with Gasteiger partial charge in [-0.05, 0) is 32.9 Å². The number of piperidine rings is 1. The predicted molar refractivity (Wildman–Crippen MR) is 66.1 cm³/mol. The van der Waals surface area contributed by atoms with Crippen LogP contribution < -0.4 is 11.1 Å². The Morgan fingerprint density at radius 3 is 2.50 bits per heavy atom. The zero-order valence-corrected chi connectivity index (χ0v) is 10.5. The van der Waals surface area contributed by atoms with Crippen LogP contribution in [0.5, 0.6) is 0 Å². The van der Waals surface area contributed by atoms with E-state index in [1.54, 1.807) is 0 Å². The standard InChI is InChI=1S/C12H25N3O/c1-10(12(13)16)8-14-11(2)9-15-6-4-3-5-7-15/h10-11,14H,3-9H2,1-2H3,(H2,13,16). The van der Waals surface area contributed by atoms with Crippen molar-refractivity contribution in [3.63, 3.8) is 0 Å². The monoisotopic (exact) mass is 227 g/mol. The minimum atomic E-state index is -0.224. The smallest absolute Gasteiger partial charge is 0.221 e. The summed E-state index contributed by atoms with van der Waals surface area (Å²) >= 11 is 0. The third kappa shape index (κ3) is 4.94. The highest BCUT2D eigenvalue weighted by molar-refractivity contribution is 5.76. The zero-order chi connectivity index (χ0) is 12.0. The van der Waals surface area contributed by atoms with Gasteiger partial charge in [-0.25, -0.2) is 0 Å². The summed E-state index contributed by atoms with van der Waals surface area (Å²) in [5.74, 6) is -0.304. The van der Waals surface area contributed by atoms with Crippen LogP contribution in [0.4, 0.5) is 0 Å². The van der Waals surface area contributed by atoms with Crippen molar-refractivity contribution in [2.75, 3.05) is 26.2 Å². The first-order chi connectivity index (χ1) is 7.59. The Balaban J connectivity index is 2.14. The van der Waals surface area contributed by atoms with E-state index in [9.17, 15) is 4.79 Å². The van der Waals surface area contributed by atoms with Gasteiger partial charge >= 0.3 is 0 Å². The first kappa shape index (κ1) is 13.5. The maximum atomic E-state index is 10.9. The Bertz CT molecular complexity index is 214. The Labute approximate surface area is 98.6 Å². The number of nitrogens with two attached hydrogens (primary N) is 1. The molecule has 1 aliphatic heterocycles. The van der Waals surface area contributed by atoms with Crippen molar-refractivity contribution in [1.29, 1.82) is 0 Å². The van der Waals surface area contributed by atoms with Gasteiger partial charge in [0.25, 0.3) is 0 Å². The van der Waals surface area contributed by atoms with Crippen LogP contribution in [0.2, 0.25) is 0 Å². The molecule has 0 radical (unpaired) electrons. The Morgan fingerprint density at radius 2 is 1.94 bits per heavy atom. The molecule has 94 valence electrons. The van der Waals surface area contributed by atoms with Gasteiger partial charge in [0.05, 0.1) is 0 Å². The van der Waals surface area contributed by atoms with Crippen molar-refractivity contribution in [3.05, 3.63) is 0 Å². The molecule has 0 bridgehead atoms. The minimum absolute atomic E-state index is 0.0798. The first-order valence-corrected chi connectivity index (χ1v) is 6.34. The molecule has 16 heavy (non-hydrogen) atoms. The number of carbonyl (C=O) groups excluding carboxylic acids is 1. The summed E-state index contributed by atoms with van der Waals surface area (Å²) in [5, 5.41) is 3.37. The molecule has 0 aromatic rings. The summed E-state index contributed by atoms with van der Waals surface area (Å²) < 4.78 is 0. The van der Waals surface area contributed by atoms with Crippen LogP contribution >= 0.6 is 0 Å². The lowest BCUT2D eigenvalue weighted by Gasteiger charge is -2.29. The summed E-state index contributed by atoms with van der Waals surface area (Å²) in [6, 6.07) is 0.430. The number of hydrogen-bond acceptors (Lipinski definition) is 3. The van der Waals surface area contributed by atoms with Gasteiger partial charge in [-0.15, -0.1) is 0 Å². The van der Waals surface area contributed by atoms with Crippen LogP contribution in [-0.4, -0.2) is 43.0 Å². The van der Waals surface area contributed by atoms with Gasteiger partial charge in [0.15, 0.2) is 0 Å². The summed E-state index contributed by atoms with van der Waals surface area (Å²) in [5.41, 5.74) is 5.22. The van der Waals surface area contributed by atoms with Crippen molar-refractivity contribution in [2.24, 2.45) is 11.7 Å². The van der Waals surface area contributed by atoms with E-state index in [1.165, 1.54) is 32.4 Å². The zero-order valence-electron chi connectivity index (χ0n) is 10.5. The van der Waals surface area contributed by atoms with Gasteiger partial charge in [-0.1, -0.05) is 13.3 Å². The Hall–Kier alpha value is -0.610. The van der Waals surface area contributed by atoms with E-state index in [-0.39, 0.29) is 11.8 Å². The molecule has 3 N–H and O–H groups in total. The molecule has 0 aromatic carbocycles. The SMILES string of the molecule is CC(CN1CCCCC1)NCC(C)C(N)=O. The summed E-state index contributed by atoms with van der Waals surface area (Å²) in [7, 11) is 0. The molecule has 1 heterocycles. The van der Waals surface area contributed by atoms with Gasteiger partial charge < -0.3 is 16.0 Å². The van der Waals surface area contributed by atoms with E-state index >= 15 is 0 Å². The fourth-order valence-corrected chi connectivity index (χ4v) is 2.07. The Morgan fingerprint density at radius 1 is 1.31 bits per heavy atom. The lowest BCUT2D eigenvalue weighted by molar-refractivity contribution is -0.121. The molecular formula is C12H25N3O. The van der Waals surface area contributed by atoms with Crippen LogP contribution in [-0.2, 0) is 4.79 Å². The van der Waals surface area contributed by atoms with Gasteiger partial charge in [-0.2, -0.15) is 0 Å². The average Bonchev–Trinajstić information content (AvgIpc) is 2.27. The van der Waals surface area contributed by atoms with Crippen LogP contribution in [0.1, 0.15) is 33.1 Å². The van der Waals surface area contributed by atoms with E-state index in [0.29, 0.717) is 12.6 Å². The van der Waals surface area contributed by atoms with E-state index in [1.807, 2.05) is 6.92 Å². The average molecular weight is 227 g/mol. The highest BCUT2D eigenvalue weighted by Crippen LogP contribution is 2.08. The molecule has 1 fully saturated rings. The number of amides is 1. The van der Waals surface area contributed by atoms with Gasteiger partial charge in [-0.3, -0.25) is 4.79 Å². The van der Waals surface area contributed by atoms with Crippen molar-refractivity contribution in [3.8, 4) is 0 Å². The molecule has 1 rings (SSSR count). The largest absolute Gasteiger partial charge is 0.369 e. The normalized spacial score (nSPS) is 21.6. The molecular weight excluding hydrogens is 202 g/mol. The number of hydrogen-bond donors (Lipinski definition) is 2. The number of nitrogens with zero attached hydrogens (tertiary/aromatic N) is 1. The van der Waals surface area contributed by atoms with E-state index in [0.717, 1.165) is 6.54 Å². The number of carbonyl (C=O) groups is 1. The number of rotatable bonds is 6. The second-order valence-electron chi connectivity index (χ2n) is 4.97. The third-order valence-corrected chi connectivity index (χ3v) is 3.24. The van der Waals surface area contributed by atoms with Crippen LogP contribution in [0.25, 0.3) is 0 Å². The number of primary amides is 1. The second kappa shape index (κ2) is 6.86. The molecule has 0 aliphatic carbocycles. The fourth-order valence-electron chi connectivity index (χ4n) is 2.07. The topological polar surface area (TPSA) is 58.4 Å². The van der Waals surface area contributed by atoms with E-state index in [4.69, 9.17) is 5.73 Å². The molecule has 0 saturated carbocycles. The van der Waals surface area contributed by atoms with Crippen molar-refractivity contribution in [1.82, 2.24) is 10.2 Å². The van der Waals surface area contributed by atoms with Crippen molar-refractivity contribution < 1.29 is 4.79 Å². The van der Waals surface area contributed by atoms with Crippen molar-refractivity contribution >= 4 is 5.91 Å². The predicted octanol–water partition coefficient (Wildman–Crippen LogP) is 0.572. The maximum absolute atomic E-state index is 10.9. The number of likely N-dealkylation sites (tertiary alicyclic amines) is 1. The molecule has 2 atom stereocenters. The first-order valence-electron chi connectivity index (χ1n) is 6.34. The van der Waals surface area contributed by atoms with Crippen LogP contribution in [0.15, 0.2) is 0 Å². The lowest BCUT2D eigenvalue weighted by Crippen LogP contribution is -2.43. The lowest BCUT2D eigenvalue weighted by atomic mass is 10.1. The van der Waals surface area contributed by atoms with Crippen molar-refractivity contribution in [2.45, 2.75) is 39.2 Å². The summed E-state index contributed by atoms with van der Waals surface area (Å²) in [6.45, 7) is 8.23. The molecule has 2 unspecified atom stereocenters. The second-order valence-corrected chi connectivity index (χ2v) is 4.97. The molecule has 1 amide bonds. The highest BCUT2D eigenvalue weighted by Gasteiger charge is 2.14. The van der Waals surface area contributed by atoms with Gasteiger partial charge in [0.1, 0.15) is 0 Å². The number of nitrogens with one attached hydrogen (secondary N) is 1. The highest BCUT2D eigenvalue weighted by atomic mass is 16.1. The fraction of sp³-hybridized carbons (Fsp3) is 0.917. The molecule has 1 aliphatic rings. The summed E-state index contributed by atoms with van der Waals surface area (Å²) in [6.07, 6.45) is 4.02. The maximum Gasteiger partial charge on any atom is 0.221 e. The molecule has 0 aromatic heterocycles. The molecule has 4 heteroatoms.